The molecule has 1 aliphatic heterocycles. The molecular formula is C15H19FN2O3. The first-order valence-corrected chi connectivity index (χ1v) is 6.84. The van der Waals surface area contributed by atoms with Gasteiger partial charge in [-0.3, -0.25) is 14.5 Å². The lowest BCUT2D eigenvalue weighted by molar-refractivity contribution is -0.141. The van der Waals surface area contributed by atoms with Gasteiger partial charge in [0.2, 0.25) is 5.91 Å². The molecule has 1 aliphatic rings. The number of aliphatic carboxylic acids is 1. The fourth-order valence-corrected chi connectivity index (χ4v) is 2.70. The Kier molecular flexibility index (Phi) is 4.57. The van der Waals surface area contributed by atoms with E-state index in [0.717, 1.165) is 11.1 Å². The van der Waals surface area contributed by atoms with Gasteiger partial charge in [-0.1, -0.05) is 6.07 Å². The highest BCUT2D eigenvalue weighted by atomic mass is 19.1. The van der Waals surface area contributed by atoms with Gasteiger partial charge in [-0.15, -0.1) is 0 Å². The van der Waals surface area contributed by atoms with Crippen LogP contribution in [0.5, 0.6) is 0 Å². The molecule has 0 bridgehead atoms. The van der Waals surface area contributed by atoms with E-state index in [4.69, 9.17) is 5.11 Å². The predicted octanol–water partition coefficient (Wildman–Crippen LogP) is 0.950. The second kappa shape index (κ2) is 6.22. The number of carboxylic acid groups (broad SMARTS) is 1. The Bertz CT molecular complexity index is 562. The smallest absolute Gasteiger partial charge is 0.320 e. The highest BCUT2D eigenvalue weighted by molar-refractivity contribution is 5.80. The topological polar surface area (TPSA) is 69.6 Å². The Morgan fingerprint density at radius 3 is 2.76 bits per heavy atom. The highest BCUT2D eigenvalue weighted by Gasteiger charge is 2.34. The summed E-state index contributed by atoms with van der Waals surface area (Å²) in [6, 6.07) is 3.61. The van der Waals surface area contributed by atoms with Crippen LogP contribution in [-0.2, 0) is 16.0 Å². The number of likely N-dealkylation sites (N-methyl/N-ethyl adjacent to an activating group) is 1. The minimum atomic E-state index is -0.872. The quantitative estimate of drug-likeness (QED) is 0.867. The third kappa shape index (κ3) is 3.78. The minimum absolute atomic E-state index is 0.163. The summed E-state index contributed by atoms with van der Waals surface area (Å²) in [5, 5.41) is 11.9. The zero-order chi connectivity index (χ0) is 15.6. The molecular weight excluding hydrogens is 275 g/mol. The van der Waals surface area contributed by atoms with Gasteiger partial charge >= 0.3 is 5.97 Å². The van der Waals surface area contributed by atoms with Crippen LogP contribution in [0.4, 0.5) is 4.39 Å². The molecule has 1 heterocycles. The zero-order valence-electron chi connectivity index (χ0n) is 12.1. The summed E-state index contributed by atoms with van der Waals surface area (Å²) in [4.78, 5) is 24.8. The van der Waals surface area contributed by atoms with E-state index in [1.807, 2.05) is 0 Å². The van der Waals surface area contributed by atoms with Crippen molar-refractivity contribution in [3.8, 4) is 0 Å². The van der Waals surface area contributed by atoms with Crippen molar-refractivity contribution >= 4 is 11.9 Å². The Morgan fingerprint density at radius 2 is 2.19 bits per heavy atom. The van der Waals surface area contributed by atoms with Crippen LogP contribution in [0, 0.1) is 12.7 Å². The average Bonchev–Trinajstić information content (AvgIpc) is 2.74. The van der Waals surface area contributed by atoms with Crippen LogP contribution >= 0.6 is 0 Å². The lowest BCUT2D eigenvalue weighted by atomic mass is 10.0. The Balaban J connectivity index is 1.92. The van der Waals surface area contributed by atoms with Gasteiger partial charge < -0.3 is 10.4 Å². The highest BCUT2D eigenvalue weighted by Crippen LogP contribution is 2.16. The van der Waals surface area contributed by atoms with Crippen LogP contribution in [-0.4, -0.2) is 47.6 Å². The Hall–Kier alpha value is -1.95. The van der Waals surface area contributed by atoms with Gasteiger partial charge in [0.05, 0.1) is 6.42 Å². The van der Waals surface area contributed by atoms with E-state index in [-0.39, 0.29) is 24.2 Å². The van der Waals surface area contributed by atoms with E-state index in [2.05, 4.69) is 5.32 Å². The molecule has 0 saturated carbocycles. The van der Waals surface area contributed by atoms with Gasteiger partial charge in [0.15, 0.2) is 0 Å². The first-order valence-electron chi connectivity index (χ1n) is 6.84. The molecule has 0 aromatic heterocycles. The van der Waals surface area contributed by atoms with Crippen molar-refractivity contribution in [2.75, 3.05) is 13.6 Å². The standard InChI is InChI=1S/C15H19FN2O3/c1-9-5-11(16)4-3-10(9)6-14(19)17-12-7-13(15(20)21)18(2)8-12/h3-5,12-13H,6-8H2,1-2H3,(H,17,19)(H,20,21)/t12-,13+/m1/s1. The molecule has 21 heavy (non-hydrogen) atoms. The van der Waals surface area contributed by atoms with Crippen LogP contribution < -0.4 is 5.32 Å². The van der Waals surface area contributed by atoms with E-state index >= 15 is 0 Å². The van der Waals surface area contributed by atoms with E-state index in [1.165, 1.54) is 12.1 Å². The first kappa shape index (κ1) is 15.4. The van der Waals surface area contributed by atoms with Gasteiger partial charge in [0.25, 0.3) is 0 Å². The average molecular weight is 294 g/mol. The summed E-state index contributed by atoms with van der Waals surface area (Å²) in [7, 11) is 1.73. The Morgan fingerprint density at radius 1 is 1.48 bits per heavy atom. The van der Waals surface area contributed by atoms with Gasteiger partial charge in [0.1, 0.15) is 11.9 Å². The van der Waals surface area contributed by atoms with Crippen LogP contribution in [0.25, 0.3) is 0 Å². The van der Waals surface area contributed by atoms with Gasteiger partial charge in [-0.2, -0.15) is 0 Å². The molecule has 6 heteroatoms. The molecule has 2 N–H and O–H groups in total. The molecule has 0 unspecified atom stereocenters. The van der Waals surface area contributed by atoms with Gasteiger partial charge in [-0.25, -0.2) is 4.39 Å². The van der Waals surface area contributed by atoms with Crippen LogP contribution in [0.15, 0.2) is 18.2 Å². The fourth-order valence-electron chi connectivity index (χ4n) is 2.70. The maximum atomic E-state index is 13.0. The molecule has 1 saturated heterocycles. The number of carbonyl (C=O) groups excluding carboxylic acids is 1. The SMILES string of the molecule is Cc1cc(F)ccc1CC(=O)N[C@@H]1C[C@@H](C(=O)O)N(C)C1. The van der Waals surface area contributed by atoms with E-state index in [9.17, 15) is 14.0 Å². The first-order chi connectivity index (χ1) is 9.86. The fraction of sp³-hybridized carbons (Fsp3) is 0.467. The largest absolute Gasteiger partial charge is 0.480 e. The lowest BCUT2D eigenvalue weighted by Crippen LogP contribution is -2.37. The number of nitrogens with one attached hydrogen (secondary N) is 1. The number of benzene rings is 1. The molecule has 5 nitrogen and oxygen atoms in total. The van der Waals surface area contributed by atoms with Gasteiger partial charge in [-0.05, 0) is 43.7 Å². The molecule has 1 aromatic carbocycles. The van der Waals surface area contributed by atoms with Gasteiger partial charge in [0, 0.05) is 12.6 Å². The molecule has 2 atom stereocenters. The summed E-state index contributed by atoms with van der Waals surface area (Å²) in [5.41, 5.74) is 1.51. The monoisotopic (exact) mass is 294 g/mol. The molecule has 0 spiro atoms. The van der Waals surface area contributed by atoms with Crippen molar-refractivity contribution < 1.29 is 19.1 Å². The van der Waals surface area contributed by atoms with Crippen molar-refractivity contribution in [2.45, 2.75) is 31.8 Å². The van der Waals surface area contributed by atoms with Crippen molar-refractivity contribution in [2.24, 2.45) is 0 Å². The normalized spacial score (nSPS) is 22.2. The van der Waals surface area contributed by atoms with Crippen LogP contribution in [0.3, 0.4) is 0 Å². The number of rotatable bonds is 4. The second-order valence-corrected chi connectivity index (χ2v) is 5.54. The molecule has 0 radical (unpaired) electrons. The molecule has 1 fully saturated rings. The Labute approximate surface area is 122 Å². The number of halogens is 1. The maximum Gasteiger partial charge on any atom is 0.320 e. The van der Waals surface area contributed by atoms with Crippen molar-refractivity contribution in [1.82, 2.24) is 10.2 Å². The number of nitrogens with zero attached hydrogens (tertiary/aromatic N) is 1. The van der Waals surface area contributed by atoms with Crippen molar-refractivity contribution in [3.05, 3.63) is 35.1 Å². The predicted molar refractivity (Wildman–Crippen MR) is 75.4 cm³/mol. The number of likely N-dealkylation sites (tertiary alicyclic amines) is 1. The minimum Gasteiger partial charge on any atom is -0.480 e. The van der Waals surface area contributed by atoms with Crippen LogP contribution in [0.2, 0.25) is 0 Å². The number of aryl methyl sites for hydroxylation is 1. The number of carboxylic acids is 1. The maximum absolute atomic E-state index is 13.0. The summed E-state index contributed by atoms with van der Waals surface area (Å²) in [6.45, 7) is 2.28. The van der Waals surface area contributed by atoms with Crippen molar-refractivity contribution in [3.63, 3.8) is 0 Å². The van der Waals surface area contributed by atoms with Crippen LogP contribution in [0.1, 0.15) is 17.5 Å². The summed E-state index contributed by atoms with van der Waals surface area (Å²) >= 11 is 0. The number of hydrogen-bond acceptors (Lipinski definition) is 3. The third-order valence-corrected chi connectivity index (χ3v) is 3.85. The lowest BCUT2D eigenvalue weighted by Gasteiger charge is -2.14. The van der Waals surface area contributed by atoms with Crippen molar-refractivity contribution in [1.29, 1.82) is 0 Å². The summed E-state index contributed by atoms with van der Waals surface area (Å²) in [5.74, 6) is -1.36. The molecule has 2 rings (SSSR count). The summed E-state index contributed by atoms with van der Waals surface area (Å²) < 4.78 is 13.0. The van der Waals surface area contributed by atoms with E-state index < -0.39 is 12.0 Å². The third-order valence-electron chi connectivity index (χ3n) is 3.85. The molecule has 0 aliphatic carbocycles. The number of amides is 1. The molecule has 1 amide bonds. The van der Waals surface area contributed by atoms with E-state index in [1.54, 1.807) is 24.9 Å². The number of carbonyl (C=O) groups is 2. The second-order valence-electron chi connectivity index (χ2n) is 5.54. The molecule has 1 aromatic rings. The molecule has 114 valence electrons. The number of hydrogen-bond donors (Lipinski definition) is 2. The van der Waals surface area contributed by atoms with E-state index in [0.29, 0.717) is 13.0 Å². The summed E-state index contributed by atoms with van der Waals surface area (Å²) in [6.07, 6.45) is 0.573. The zero-order valence-corrected chi connectivity index (χ0v) is 12.1.